The summed E-state index contributed by atoms with van der Waals surface area (Å²) in [6, 6.07) is 0.651. The highest BCUT2D eigenvalue weighted by Gasteiger charge is 2.11. The van der Waals surface area contributed by atoms with Crippen molar-refractivity contribution in [1.29, 1.82) is 0 Å². The number of hydrogen-bond donors (Lipinski definition) is 0. The van der Waals surface area contributed by atoms with Crippen LogP contribution in [0.15, 0.2) is 4.99 Å². The van der Waals surface area contributed by atoms with E-state index in [4.69, 9.17) is 4.99 Å². The standard InChI is InChI=1S/C10H19NS/c1-3-12-9(2)11-10-7-5-4-6-8-10/h10H,3-8H2,1-2H3. The highest BCUT2D eigenvalue weighted by molar-refractivity contribution is 8.13. The van der Waals surface area contributed by atoms with Gasteiger partial charge in [0.1, 0.15) is 0 Å². The first-order valence-corrected chi connectivity index (χ1v) is 5.98. The summed E-state index contributed by atoms with van der Waals surface area (Å²) in [6.07, 6.45) is 6.84. The van der Waals surface area contributed by atoms with Gasteiger partial charge in [-0.1, -0.05) is 26.2 Å². The molecule has 12 heavy (non-hydrogen) atoms. The predicted octanol–water partition coefficient (Wildman–Crippen LogP) is 3.49. The summed E-state index contributed by atoms with van der Waals surface area (Å²) >= 11 is 1.87. The lowest BCUT2D eigenvalue weighted by atomic mass is 9.96. The number of nitrogens with zero attached hydrogens (tertiary/aromatic N) is 1. The van der Waals surface area contributed by atoms with Crippen LogP contribution in [0.1, 0.15) is 46.0 Å². The van der Waals surface area contributed by atoms with E-state index in [0.29, 0.717) is 6.04 Å². The Morgan fingerprint density at radius 3 is 2.58 bits per heavy atom. The van der Waals surface area contributed by atoms with Gasteiger partial charge in [0, 0.05) is 0 Å². The molecule has 0 N–H and O–H groups in total. The lowest BCUT2D eigenvalue weighted by Crippen LogP contribution is -2.10. The smallest absolute Gasteiger partial charge is 0.0648 e. The van der Waals surface area contributed by atoms with Gasteiger partial charge in [0.05, 0.1) is 11.1 Å². The van der Waals surface area contributed by atoms with Gasteiger partial charge in [-0.05, 0) is 25.5 Å². The molecule has 1 aliphatic carbocycles. The van der Waals surface area contributed by atoms with Crippen LogP contribution >= 0.6 is 11.8 Å². The Kier molecular flexibility index (Phi) is 4.74. The number of thioether (sulfide) groups is 1. The van der Waals surface area contributed by atoms with E-state index in [1.165, 1.54) is 37.1 Å². The van der Waals surface area contributed by atoms with E-state index in [1.54, 1.807) is 0 Å². The summed E-state index contributed by atoms with van der Waals surface area (Å²) in [6.45, 7) is 4.33. The van der Waals surface area contributed by atoms with Crippen LogP contribution in [0.4, 0.5) is 0 Å². The van der Waals surface area contributed by atoms with Crippen molar-refractivity contribution in [3.63, 3.8) is 0 Å². The monoisotopic (exact) mass is 185 g/mol. The molecule has 1 fully saturated rings. The van der Waals surface area contributed by atoms with Crippen LogP contribution in [0.5, 0.6) is 0 Å². The van der Waals surface area contributed by atoms with Crippen molar-refractivity contribution in [2.24, 2.45) is 4.99 Å². The molecule has 0 aliphatic heterocycles. The molecule has 0 amide bonds. The highest BCUT2D eigenvalue weighted by atomic mass is 32.2. The second-order valence-corrected chi connectivity index (χ2v) is 4.83. The Labute approximate surface area is 80.0 Å². The average Bonchev–Trinajstić information content (AvgIpc) is 2.06. The number of aliphatic imine (C=N–C) groups is 1. The first-order chi connectivity index (χ1) is 5.83. The highest BCUT2D eigenvalue weighted by Crippen LogP contribution is 2.21. The molecule has 1 rings (SSSR count). The minimum absolute atomic E-state index is 0.651. The average molecular weight is 185 g/mol. The zero-order valence-corrected chi connectivity index (χ0v) is 8.99. The second kappa shape index (κ2) is 5.63. The van der Waals surface area contributed by atoms with Crippen molar-refractivity contribution in [2.75, 3.05) is 5.75 Å². The Balaban J connectivity index is 2.31. The fourth-order valence-corrected chi connectivity index (χ4v) is 2.35. The van der Waals surface area contributed by atoms with Crippen LogP contribution in [-0.4, -0.2) is 16.8 Å². The maximum absolute atomic E-state index is 4.71. The van der Waals surface area contributed by atoms with Crippen molar-refractivity contribution in [3.05, 3.63) is 0 Å². The molecular weight excluding hydrogens is 166 g/mol. The summed E-state index contributed by atoms with van der Waals surface area (Å²) in [4.78, 5) is 4.71. The van der Waals surface area contributed by atoms with Crippen LogP contribution < -0.4 is 0 Å². The third kappa shape index (κ3) is 3.61. The summed E-state index contributed by atoms with van der Waals surface area (Å²) in [5.74, 6) is 1.15. The summed E-state index contributed by atoms with van der Waals surface area (Å²) < 4.78 is 0. The van der Waals surface area contributed by atoms with Crippen LogP contribution in [0, 0.1) is 0 Å². The first kappa shape index (κ1) is 10.1. The van der Waals surface area contributed by atoms with Gasteiger partial charge in [-0.2, -0.15) is 0 Å². The van der Waals surface area contributed by atoms with Gasteiger partial charge in [-0.3, -0.25) is 4.99 Å². The Bertz CT molecular complexity index is 148. The molecule has 0 heterocycles. The molecule has 0 aromatic carbocycles. The lowest BCUT2D eigenvalue weighted by molar-refractivity contribution is 0.444. The molecule has 1 aliphatic rings. The van der Waals surface area contributed by atoms with Gasteiger partial charge >= 0.3 is 0 Å². The first-order valence-electron chi connectivity index (χ1n) is 5.00. The molecule has 0 saturated heterocycles. The molecule has 70 valence electrons. The quantitative estimate of drug-likeness (QED) is 0.474. The van der Waals surface area contributed by atoms with Gasteiger partial charge in [0.15, 0.2) is 0 Å². The minimum Gasteiger partial charge on any atom is -0.280 e. The van der Waals surface area contributed by atoms with E-state index in [1.807, 2.05) is 11.8 Å². The van der Waals surface area contributed by atoms with Crippen molar-refractivity contribution in [3.8, 4) is 0 Å². The molecule has 0 aromatic heterocycles. The van der Waals surface area contributed by atoms with E-state index in [9.17, 15) is 0 Å². The zero-order chi connectivity index (χ0) is 8.81. The van der Waals surface area contributed by atoms with E-state index in [0.717, 1.165) is 5.75 Å². The van der Waals surface area contributed by atoms with E-state index >= 15 is 0 Å². The van der Waals surface area contributed by atoms with Crippen molar-refractivity contribution in [2.45, 2.75) is 52.0 Å². The van der Waals surface area contributed by atoms with Crippen LogP contribution in [0.25, 0.3) is 0 Å². The molecule has 0 aromatic rings. The van der Waals surface area contributed by atoms with E-state index in [2.05, 4.69) is 13.8 Å². The van der Waals surface area contributed by atoms with Gasteiger partial charge < -0.3 is 0 Å². The SMILES string of the molecule is CCSC(C)=NC1CCCCC1. The Morgan fingerprint density at radius 1 is 1.33 bits per heavy atom. The fourth-order valence-electron chi connectivity index (χ4n) is 1.71. The van der Waals surface area contributed by atoms with Crippen LogP contribution in [0.2, 0.25) is 0 Å². The van der Waals surface area contributed by atoms with E-state index in [-0.39, 0.29) is 0 Å². The van der Waals surface area contributed by atoms with Crippen molar-refractivity contribution >= 4 is 16.8 Å². The normalized spacial score (nSPS) is 21.3. The summed E-state index contributed by atoms with van der Waals surface area (Å²) in [7, 11) is 0. The molecule has 0 spiro atoms. The predicted molar refractivity (Wildman–Crippen MR) is 58.1 cm³/mol. The molecule has 2 heteroatoms. The zero-order valence-electron chi connectivity index (χ0n) is 8.18. The Morgan fingerprint density at radius 2 is 2.00 bits per heavy atom. The Hall–Kier alpha value is 0.0200. The third-order valence-corrected chi connectivity index (χ3v) is 3.10. The van der Waals surface area contributed by atoms with Gasteiger partial charge in [0.2, 0.25) is 0 Å². The molecule has 0 radical (unpaired) electrons. The van der Waals surface area contributed by atoms with Crippen molar-refractivity contribution < 1.29 is 0 Å². The molecule has 1 saturated carbocycles. The molecule has 1 nitrogen and oxygen atoms in total. The third-order valence-electron chi connectivity index (χ3n) is 2.29. The van der Waals surface area contributed by atoms with Gasteiger partial charge in [0.25, 0.3) is 0 Å². The van der Waals surface area contributed by atoms with Gasteiger partial charge in [-0.25, -0.2) is 0 Å². The maximum atomic E-state index is 4.71. The maximum Gasteiger partial charge on any atom is 0.0648 e. The molecule has 0 atom stereocenters. The van der Waals surface area contributed by atoms with Crippen molar-refractivity contribution in [1.82, 2.24) is 0 Å². The molecule has 0 unspecified atom stereocenters. The fraction of sp³-hybridized carbons (Fsp3) is 0.900. The number of hydrogen-bond acceptors (Lipinski definition) is 2. The lowest BCUT2D eigenvalue weighted by Gasteiger charge is -2.18. The van der Waals surface area contributed by atoms with Crippen LogP contribution in [-0.2, 0) is 0 Å². The van der Waals surface area contributed by atoms with Gasteiger partial charge in [-0.15, -0.1) is 11.8 Å². The molecular formula is C10H19NS. The second-order valence-electron chi connectivity index (χ2n) is 3.37. The molecule has 0 bridgehead atoms. The minimum atomic E-state index is 0.651. The summed E-state index contributed by atoms with van der Waals surface area (Å²) in [5, 5.41) is 1.28. The van der Waals surface area contributed by atoms with Crippen LogP contribution in [0.3, 0.4) is 0 Å². The van der Waals surface area contributed by atoms with E-state index < -0.39 is 0 Å². The number of rotatable bonds is 2. The largest absolute Gasteiger partial charge is 0.280 e. The topological polar surface area (TPSA) is 12.4 Å². The summed E-state index contributed by atoms with van der Waals surface area (Å²) in [5.41, 5.74) is 0.